The Balaban J connectivity index is 1.55. The molecule has 0 aliphatic carbocycles. The number of benzene rings is 2. The van der Waals surface area contributed by atoms with Crippen molar-refractivity contribution in [1.29, 1.82) is 0 Å². The van der Waals surface area contributed by atoms with Crippen molar-refractivity contribution in [2.75, 3.05) is 11.4 Å². The van der Waals surface area contributed by atoms with E-state index in [1.165, 1.54) is 4.90 Å². The molecule has 0 unspecified atom stereocenters. The molecule has 0 spiro atoms. The SMILES string of the molecule is O=C(c1ccc(Cl)cc1)[C@H]1[C@@H]2C(=O)N(c3ccccc3)C(=O)[C@@H]2[C@H]2CCCN21. The number of fused-ring (bicyclic) bond motifs is 3. The van der Waals surface area contributed by atoms with Gasteiger partial charge in [0.05, 0.1) is 23.6 Å². The first-order valence-electron chi connectivity index (χ1n) is 9.56. The molecule has 0 saturated carbocycles. The predicted octanol–water partition coefficient (Wildman–Crippen LogP) is 3.18. The van der Waals surface area contributed by atoms with Crippen LogP contribution in [0.3, 0.4) is 0 Å². The molecule has 0 aromatic heterocycles. The Morgan fingerprint density at radius 3 is 2.32 bits per heavy atom. The molecule has 142 valence electrons. The Kier molecular flexibility index (Phi) is 4.11. The van der Waals surface area contributed by atoms with Crippen molar-refractivity contribution in [3.05, 3.63) is 65.2 Å². The highest BCUT2D eigenvalue weighted by atomic mass is 35.5. The van der Waals surface area contributed by atoms with Crippen molar-refractivity contribution in [1.82, 2.24) is 4.90 Å². The molecule has 3 aliphatic rings. The zero-order valence-electron chi connectivity index (χ0n) is 15.1. The average Bonchev–Trinajstić information content (AvgIpc) is 3.35. The maximum absolute atomic E-state index is 13.4. The second-order valence-corrected chi connectivity index (χ2v) is 8.10. The van der Waals surface area contributed by atoms with Crippen molar-refractivity contribution in [2.45, 2.75) is 24.9 Å². The molecule has 0 N–H and O–H groups in total. The third-order valence-corrected chi connectivity index (χ3v) is 6.52. The standard InChI is InChI=1S/C22H19ClN2O3/c23-14-10-8-13(9-11-14)20(26)19-18-17(16-7-4-12-24(16)19)21(27)25(22(18)28)15-5-2-1-3-6-15/h1-3,5-6,8-11,16-19H,4,7,12H2/t16-,17-,18-,19-/m1/s1. The van der Waals surface area contributed by atoms with Gasteiger partial charge in [-0.15, -0.1) is 0 Å². The van der Waals surface area contributed by atoms with Crippen LogP contribution in [0.2, 0.25) is 5.02 Å². The van der Waals surface area contributed by atoms with Gasteiger partial charge in [0.1, 0.15) is 0 Å². The van der Waals surface area contributed by atoms with Gasteiger partial charge in [-0.3, -0.25) is 19.3 Å². The first-order chi connectivity index (χ1) is 13.6. The Hall–Kier alpha value is -2.50. The summed E-state index contributed by atoms with van der Waals surface area (Å²) in [7, 11) is 0. The van der Waals surface area contributed by atoms with Crippen molar-refractivity contribution < 1.29 is 14.4 Å². The number of ketones is 1. The van der Waals surface area contributed by atoms with Crippen LogP contribution in [0.4, 0.5) is 5.69 Å². The summed E-state index contributed by atoms with van der Waals surface area (Å²) in [5.74, 6) is -1.61. The summed E-state index contributed by atoms with van der Waals surface area (Å²) in [5.41, 5.74) is 1.10. The first kappa shape index (κ1) is 17.6. The van der Waals surface area contributed by atoms with Crippen LogP contribution in [-0.4, -0.2) is 41.1 Å². The lowest BCUT2D eigenvalue weighted by Crippen LogP contribution is -2.46. The molecule has 3 aliphatic heterocycles. The third-order valence-electron chi connectivity index (χ3n) is 6.26. The number of amides is 2. The number of nitrogens with zero attached hydrogens (tertiary/aromatic N) is 2. The van der Waals surface area contributed by atoms with E-state index in [9.17, 15) is 14.4 Å². The van der Waals surface area contributed by atoms with Crippen LogP contribution in [0.15, 0.2) is 54.6 Å². The number of carbonyl (C=O) groups is 3. The summed E-state index contributed by atoms with van der Waals surface area (Å²) in [4.78, 5) is 43.3. The van der Waals surface area contributed by atoms with E-state index in [1.807, 2.05) is 18.2 Å². The van der Waals surface area contributed by atoms with Gasteiger partial charge >= 0.3 is 0 Å². The topological polar surface area (TPSA) is 57.7 Å². The van der Waals surface area contributed by atoms with Crippen LogP contribution in [0.5, 0.6) is 0 Å². The number of Topliss-reactive ketones (excluding diaryl/α,β-unsaturated/α-hetero) is 1. The Morgan fingerprint density at radius 1 is 0.929 bits per heavy atom. The molecule has 2 aromatic rings. The van der Waals surface area contributed by atoms with Gasteiger partial charge < -0.3 is 0 Å². The quantitative estimate of drug-likeness (QED) is 0.592. The van der Waals surface area contributed by atoms with Crippen molar-refractivity contribution >= 4 is 34.9 Å². The number of hydrogen-bond acceptors (Lipinski definition) is 4. The maximum atomic E-state index is 13.4. The van der Waals surface area contributed by atoms with Crippen LogP contribution >= 0.6 is 11.6 Å². The predicted molar refractivity (Wildman–Crippen MR) is 105 cm³/mol. The molecule has 5 rings (SSSR count). The van der Waals surface area contributed by atoms with Crippen molar-refractivity contribution in [3.63, 3.8) is 0 Å². The molecule has 0 bridgehead atoms. The van der Waals surface area contributed by atoms with Crippen LogP contribution in [0, 0.1) is 11.8 Å². The van der Waals surface area contributed by atoms with E-state index >= 15 is 0 Å². The van der Waals surface area contributed by atoms with E-state index in [0.29, 0.717) is 16.3 Å². The van der Waals surface area contributed by atoms with Crippen molar-refractivity contribution in [2.24, 2.45) is 11.8 Å². The van der Waals surface area contributed by atoms with E-state index in [-0.39, 0.29) is 23.6 Å². The molecule has 3 fully saturated rings. The molecule has 2 aromatic carbocycles. The fraction of sp³-hybridized carbons (Fsp3) is 0.318. The van der Waals surface area contributed by atoms with Gasteiger partial charge in [-0.25, -0.2) is 4.90 Å². The lowest BCUT2D eigenvalue weighted by molar-refractivity contribution is -0.123. The van der Waals surface area contributed by atoms with E-state index in [2.05, 4.69) is 4.90 Å². The second kappa shape index (κ2) is 6.54. The fourth-order valence-electron chi connectivity index (χ4n) is 5.13. The summed E-state index contributed by atoms with van der Waals surface area (Å²) in [5, 5.41) is 0.558. The highest BCUT2D eigenvalue weighted by molar-refractivity contribution is 6.30. The average molecular weight is 395 g/mol. The van der Waals surface area contributed by atoms with Gasteiger partial charge in [0.2, 0.25) is 11.8 Å². The molecule has 28 heavy (non-hydrogen) atoms. The minimum absolute atomic E-state index is 0.0450. The number of anilines is 1. The van der Waals surface area contributed by atoms with Gasteiger partial charge in [0.15, 0.2) is 5.78 Å². The van der Waals surface area contributed by atoms with E-state index < -0.39 is 17.9 Å². The van der Waals surface area contributed by atoms with Gasteiger partial charge in [-0.1, -0.05) is 29.8 Å². The molecule has 5 nitrogen and oxygen atoms in total. The molecular formula is C22H19ClN2O3. The molecule has 3 heterocycles. The van der Waals surface area contributed by atoms with Crippen LogP contribution in [0.25, 0.3) is 0 Å². The lowest BCUT2D eigenvalue weighted by atomic mass is 9.85. The first-order valence-corrected chi connectivity index (χ1v) is 9.94. The molecule has 3 saturated heterocycles. The molecule has 2 amide bonds. The Bertz CT molecular complexity index is 960. The zero-order valence-corrected chi connectivity index (χ0v) is 15.9. The minimum Gasteiger partial charge on any atom is -0.292 e. The largest absolute Gasteiger partial charge is 0.292 e. The number of carbonyl (C=O) groups excluding carboxylic acids is 3. The number of rotatable bonds is 3. The summed E-state index contributed by atoms with van der Waals surface area (Å²) >= 11 is 5.96. The zero-order chi connectivity index (χ0) is 19.4. The Labute approximate surface area is 167 Å². The van der Waals surface area contributed by atoms with Crippen molar-refractivity contribution in [3.8, 4) is 0 Å². The number of hydrogen-bond donors (Lipinski definition) is 0. The van der Waals surface area contributed by atoms with Crippen LogP contribution < -0.4 is 4.90 Å². The lowest BCUT2D eigenvalue weighted by Gasteiger charge is -2.27. The molecule has 6 heteroatoms. The van der Waals surface area contributed by atoms with Gasteiger partial charge in [-0.05, 0) is 55.8 Å². The molecule has 4 atom stereocenters. The maximum Gasteiger partial charge on any atom is 0.239 e. The molecule has 0 radical (unpaired) electrons. The summed E-state index contributed by atoms with van der Waals surface area (Å²) in [6, 6.07) is 15.1. The number of halogens is 1. The summed E-state index contributed by atoms with van der Waals surface area (Å²) in [6.07, 6.45) is 1.78. The van der Waals surface area contributed by atoms with E-state index in [0.717, 1.165) is 19.4 Å². The highest BCUT2D eigenvalue weighted by Crippen LogP contribution is 2.48. The summed E-state index contributed by atoms with van der Waals surface area (Å²) < 4.78 is 0. The van der Waals surface area contributed by atoms with E-state index in [1.54, 1.807) is 36.4 Å². The number of imide groups is 1. The molecular weight excluding hydrogens is 376 g/mol. The van der Waals surface area contributed by atoms with Gasteiger partial charge in [-0.2, -0.15) is 0 Å². The fourth-order valence-corrected chi connectivity index (χ4v) is 5.26. The minimum atomic E-state index is -0.624. The monoisotopic (exact) mass is 394 g/mol. The smallest absolute Gasteiger partial charge is 0.239 e. The van der Waals surface area contributed by atoms with Gasteiger partial charge in [0.25, 0.3) is 0 Å². The third kappa shape index (κ3) is 2.46. The Morgan fingerprint density at radius 2 is 1.61 bits per heavy atom. The second-order valence-electron chi connectivity index (χ2n) is 7.66. The number of para-hydroxylation sites is 1. The normalized spacial score (nSPS) is 29.2. The summed E-state index contributed by atoms with van der Waals surface area (Å²) in [6.45, 7) is 0.744. The van der Waals surface area contributed by atoms with Crippen LogP contribution in [0.1, 0.15) is 23.2 Å². The van der Waals surface area contributed by atoms with Crippen LogP contribution in [-0.2, 0) is 9.59 Å². The van der Waals surface area contributed by atoms with E-state index in [4.69, 9.17) is 11.6 Å². The highest BCUT2D eigenvalue weighted by Gasteiger charge is 2.64. The van der Waals surface area contributed by atoms with Gasteiger partial charge in [0, 0.05) is 16.6 Å².